The van der Waals surface area contributed by atoms with E-state index in [0.29, 0.717) is 77.3 Å². The molecular weight excluding hydrogens is 1010 g/mol. The molecule has 8 rings (SSSR count). The van der Waals surface area contributed by atoms with Gasteiger partial charge in [0, 0.05) is 99.1 Å². The van der Waals surface area contributed by atoms with Gasteiger partial charge >= 0.3 is 0 Å². The number of amidine groups is 2. The molecule has 378 valence electrons. The number of hydrogen-bond acceptors (Lipinski definition) is 10. The van der Waals surface area contributed by atoms with Gasteiger partial charge in [0.05, 0.1) is 43.9 Å². The van der Waals surface area contributed by atoms with E-state index in [1.54, 1.807) is 123 Å². The number of likely N-dealkylation sites (tertiary alicyclic amines) is 2. The summed E-state index contributed by atoms with van der Waals surface area (Å²) in [6.07, 6.45) is 8.39. The molecule has 0 radical (unpaired) electrons. The predicted molar refractivity (Wildman–Crippen MR) is 295 cm³/mol. The fraction of sp³-hybridized carbons (Fsp3) is 0.245. The van der Waals surface area contributed by atoms with Crippen molar-refractivity contribution in [1.29, 1.82) is 10.8 Å². The fourth-order valence-corrected chi connectivity index (χ4v) is 8.78. The minimum absolute atomic E-state index is 0.184. The largest absolute Gasteiger partial charge is 0.376 e. The maximum atomic E-state index is 13.2. The van der Waals surface area contributed by atoms with Crippen LogP contribution in [0, 0.1) is 10.8 Å². The topological polar surface area (TPSA) is 203 Å². The van der Waals surface area contributed by atoms with Gasteiger partial charge in [-0.1, -0.05) is 70.7 Å². The molecule has 2 fully saturated rings. The average molecular weight is 1060 g/mol. The number of aromatic nitrogens is 2. The number of carbonyl (C=O) groups is 4. The molecule has 2 saturated heterocycles. The zero-order valence-electron chi connectivity index (χ0n) is 40.6. The third-order valence-corrected chi connectivity index (χ3v) is 12.9. The molecule has 0 bridgehead atoms. The summed E-state index contributed by atoms with van der Waals surface area (Å²) >= 11 is 24.4. The van der Waals surface area contributed by atoms with E-state index in [4.69, 9.17) is 57.2 Å². The second-order valence-corrected chi connectivity index (χ2v) is 19.4. The highest BCUT2D eigenvalue weighted by molar-refractivity contribution is 6.33. The number of nitrogens with one attached hydrogen (secondary N) is 6. The molecule has 4 amide bonds. The zero-order valence-corrected chi connectivity index (χ0v) is 43.6. The van der Waals surface area contributed by atoms with E-state index in [2.05, 4.69) is 36.1 Å². The monoisotopic (exact) mass is 1060 g/mol. The van der Waals surface area contributed by atoms with E-state index in [1.165, 1.54) is 30.9 Å². The number of pyridine rings is 2. The van der Waals surface area contributed by atoms with Crippen LogP contribution in [0.2, 0.25) is 20.1 Å². The van der Waals surface area contributed by atoms with Crippen molar-refractivity contribution in [3.05, 3.63) is 163 Å². The Morgan fingerprint density at radius 2 is 0.795 bits per heavy atom. The third-order valence-electron chi connectivity index (χ3n) is 12.0. The Balaban J connectivity index is 0.000000214. The molecule has 6 aromatic rings. The lowest BCUT2D eigenvalue weighted by molar-refractivity contribution is 0.101. The van der Waals surface area contributed by atoms with Crippen molar-refractivity contribution in [2.45, 2.75) is 32.1 Å². The lowest BCUT2D eigenvalue weighted by Gasteiger charge is -2.29. The first-order chi connectivity index (χ1) is 34.9. The van der Waals surface area contributed by atoms with Crippen LogP contribution in [0.1, 0.15) is 84.7 Å². The lowest BCUT2D eigenvalue weighted by atomic mass is 10.1. The second kappa shape index (κ2) is 24.5. The molecule has 2 aliphatic rings. The minimum Gasteiger partial charge on any atom is -0.376 e. The van der Waals surface area contributed by atoms with Crippen molar-refractivity contribution in [2.24, 2.45) is 0 Å². The van der Waals surface area contributed by atoms with Crippen LogP contribution in [-0.2, 0) is 0 Å². The first-order valence-corrected chi connectivity index (χ1v) is 24.8. The zero-order chi connectivity index (χ0) is 52.3. The Morgan fingerprint density at radius 1 is 0.452 bits per heavy atom. The molecule has 2 aliphatic heterocycles. The van der Waals surface area contributed by atoms with Crippen LogP contribution in [0.4, 0.5) is 34.4 Å². The van der Waals surface area contributed by atoms with Crippen molar-refractivity contribution in [3.63, 3.8) is 0 Å². The van der Waals surface area contributed by atoms with Crippen molar-refractivity contribution in [1.82, 2.24) is 19.8 Å². The molecule has 73 heavy (non-hydrogen) atoms. The van der Waals surface area contributed by atoms with E-state index in [0.717, 1.165) is 63.0 Å². The number of carbonyl (C=O) groups excluding carboxylic acids is 4. The fourth-order valence-electron chi connectivity index (χ4n) is 8.13. The number of piperidine rings is 1. The van der Waals surface area contributed by atoms with Crippen LogP contribution < -0.4 is 31.1 Å². The van der Waals surface area contributed by atoms with Crippen LogP contribution in [0.25, 0.3) is 0 Å². The van der Waals surface area contributed by atoms with Crippen molar-refractivity contribution in [3.8, 4) is 0 Å². The molecule has 0 atom stereocenters. The summed E-state index contributed by atoms with van der Waals surface area (Å²) in [5.74, 6) is -0.204. The third kappa shape index (κ3) is 13.8. The Morgan fingerprint density at radius 3 is 1.12 bits per heavy atom. The minimum atomic E-state index is -0.486. The van der Waals surface area contributed by atoms with Crippen molar-refractivity contribution in [2.75, 3.05) is 85.4 Å². The molecule has 0 unspecified atom stereocenters. The Kier molecular flexibility index (Phi) is 17.9. The number of halogens is 4. The van der Waals surface area contributed by atoms with E-state index < -0.39 is 17.7 Å². The summed E-state index contributed by atoms with van der Waals surface area (Å²) in [4.78, 5) is 68.6. The summed E-state index contributed by atoms with van der Waals surface area (Å²) in [7, 11) is 7.18. The molecule has 20 heteroatoms. The van der Waals surface area contributed by atoms with Gasteiger partial charge in [-0.15, -0.1) is 0 Å². The number of anilines is 6. The summed E-state index contributed by atoms with van der Waals surface area (Å²) < 4.78 is 0. The van der Waals surface area contributed by atoms with E-state index in [-0.39, 0.29) is 17.0 Å². The maximum Gasteiger partial charge on any atom is 0.259 e. The molecule has 2 aromatic heterocycles. The average Bonchev–Trinajstić information content (AvgIpc) is 3.94. The quantitative estimate of drug-likeness (QED) is 0.0506. The smallest absolute Gasteiger partial charge is 0.259 e. The predicted octanol–water partition coefficient (Wildman–Crippen LogP) is 11.2. The van der Waals surface area contributed by atoms with Crippen LogP contribution in [0.5, 0.6) is 0 Å². The number of benzene rings is 4. The summed E-state index contributed by atoms with van der Waals surface area (Å²) in [6, 6.07) is 26.6. The van der Waals surface area contributed by atoms with Crippen LogP contribution in [-0.4, -0.2) is 109 Å². The van der Waals surface area contributed by atoms with Gasteiger partial charge in [0.15, 0.2) is 0 Å². The van der Waals surface area contributed by atoms with Gasteiger partial charge in [-0.2, -0.15) is 0 Å². The number of hydrogen-bond donors (Lipinski definition) is 6. The van der Waals surface area contributed by atoms with Crippen molar-refractivity contribution < 1.29 is 19.2 Å². The van der Waals surface area contributed by atoms with Crippen LogP contribution >= 0.6 is 46.4 Å². The van der Waals surface area contributed by atoms with Crippen molar-refractivity contribution >= 4 is 116 Å². The van der Waals surface area contributed by atoms with E-state index in [9.17, 15) is 19.2 Å². The van der Waals surface area contributed by atoms with E-state index in [1.807, 2.05) is 4.90 Å². The molecule has 4 heterocycles. The lowest BCUT2D eigenvalue weighted by Crippen LogP contribution is -2.35. The van der Waals surface area contributed by atoms with Gasteiger partial charge in [0.25, 0.3) is 23.6 Å². The molecule has 0 spiro atoms. The number of nitrogens with zero attached hydrogens (tertiary/aromatic N) is 6. The first-order valence-electron chi connectivity index (χ1n) is 23.3. The van der Waals surface area contributed by atoms with Gasteiger partial charge < -0.3 is 40.9 Å². The van der Waals surface area contributed by atoms with Gasteiger partial charge in [-0.05, 0) is 105 Å². The van der Waals surface area contributed by atoms with E-state index >= 15 is 0 Å². The summed E-state index contributed by atoms with van der Waals surface area (Å²) in [6.45, 7) is 3.51. The first kappa shape index (κ1) is 53.6. The van der Waals surface area contributed by atoms with Gasteiger partial charge in [0.2, 0.25) is 0 Å². The molecular formula is C53H54Cl4N12O4. The summed E-state index contributed by atoms with van der Waals surface area (Å²) in [5, 5.41) is 29.7. The normalized spacial score (nSPS) is 13.0. The SMILES string of the molecule is CN(C)c1cc(Cl)cc(C(=O)Nc2ccc(Cl)cn2)c1NC(=O)c1ccc(C(=N)N2CCCC2)cc1.CN(C)c1cc(Cl)cc(C(=O)Nc2ccc(Cl)cn2)c1NC(=O)c1ccc(C(=N)N2CCCCC2)cc1. The Bertz CT molecular complexity index is 3000. The second-order valence-electron chi connectivity index (χ2n) is 17.6. The van der Waals surface area contributed by atoms with Crippen LogP contribution in [0.15, 0.2) is 109 Å². The van der Waals surface area contributed by atoms with Gasteiger partial charge in [-0.3, -0.25) is 30.0 Å². The molecule has 4 aromatic carbocycles. The Hall–Kier alpha value is -7.24. The molecule has 6 N–H and O–H groups in total. The summed E-state index contributed by atoms with van der Waals surface area (Å²) in [5.41, 5.74) is 4.45. The number of rotatable bonds is 12. The molecule has 16 nitrogen and oxygen atoms in total. The number of amides is 4. The van der Waals surface area contributed by atoms with Gasteiger partial charge in [-0.25, -0.2) is 9.97 Å². The highest BCUT2D eigenvalue weighted by Gasteiger charge is 2.24. The maximum absolute atomic E-state index is 13.2. The standard InChI is InChI=1S/C27H28Cl2N6O2.C26H26Cl2N6O2/c1-34(2)22-15-20(29)14-21(27(37)32-23-11-10-19(28)16-31-23)24(22)33-26(36)18-8-6-17(7-9-18)25(30)35-12-4-3-5-13-35;1-33(2)21-14-19(28)13-20(26(36)31-22-10-9-18(27)15-30-22)23(21)32-25(35)17-7-5-16(6-8-17)24(29)34-11-3-4-12-34/h6-11,14-16,30H,3-5,12-13H2,1-2H3,(H,33,36)(H,31,32,37);5-10,13-15,29H,3-4,11-12H2,1-2H3,(H,32,35)(H,30,31,36). The Labute approximate surface area is 444 Å². The van der Waals surface area contributed by atoms with Gasteiger partial charge in [0.1, 0.15) is 23.3 Å². The molecule has 0 aliphatic carbocycles. The highest BCUT2D eigenvalue weighted by atomic mass is 35.5. The molecule has 0 saturated carbocycles. The highest BCUT2D eigenvalue weighted by Crippen LogP contribution is 2.35. The van der Waals surface area contributed by atoms with Crippen LogP contribution in [0.3, 0.4) is 0 Å².